The van der Waals surface area contributed by atoms with E-state index in [1.54, 1.807) is 24.3 Å². The fourth-order valence-electron chi connectivity index (χ4n) is 1.52. The molecular weight excluding hydrogens is 258 g/mol. The smallest absolute Gasteiger partial charge is 0.338 e. The Hall–Kier alpha value is -2.04. The summed E-state index contributed by atoms with van der Waals surface area (Å²) in [6.45, 7) is 4.23. The van der Waals surface area contributed by atoms with Crippen molar-refractivity contribution in [1.82, 2.24) is 0 Å². The highest BCUT2D eigenvalue weighted by Crippen LogP contribution is 2.14. The molecule has 0 spiro atoms. The van der Waals surface area contributed by atoms with E-state index >= 15 is 0 Å². The second kappa shape index (κ2) is 8.19. The van der Waals surface area contributed by atoms with Crippen LogP contribution in [0.2, 0.25) is 0 Å². The summed E-state index contributed by atoms with van der Waals surface area (Å²) < 4.78 is 10.4. The number of esters is 1. The number of nitrogens with two attached hydrogens (primary N) is 1. The molecule has 5 nitrogen and oxygen atoms in total. The lowest BCUT2D eigenvalue weighted by Gasteiger charge is -2.10. The Bertz CT molecular complexity index is 442. The molecule has 0 aromatic heterocycles. The molecule has 0 aliphatic rings. The van der Waals surface area contributed by atoms with Crippen molar-refractivity contribution < 1.29 is 19.1 Å². The molecule has 1 rings (SSSR count). The molecule has 0 radical (unpaired) electrons. The predicted molar refractivity (Wildman–Crippen MR) is 75.5 cm³/mol. The number of carbonyl (C=O) groups excluding carboxylic acids is 2. The van der Waals surface area contributed by atoms with Crippen LogP contribution < -0.4 is 10.5 Å². The number of ether oxygens (including phenoxy) is 2. The van der Waals surface area contributed by atoms with Crippen molar-refractivity contribution in [2.24, 2.45) is 5.73 Å². The molecule has 5 heteroatoms. The zero-order chi connectivity index (χ0) is 15.0. The Kier molecular flexibility index (Phi) is 6.56. The van der Waals surface area contributed by atoms with Crippen molar-refractivity contribution in [3.05, 3.63) is 29.8 Å². The first kappa shape index (κ1) is 16.0. The SMILES string of the molecule is CCCCCOc1ccc(C(=O)OC(C)C(N)=O)cc1. The van der Waals surface area contributed by atoms with Gasteiger partial charge in [0.25, 0.3) is 5.91 Å². The molecule has 1 unspecified atom stereocenters. The summed E-state index contributed by atoms with van der Waals surface area (Å²) in [5.74, 6) is -0.538. The summed E-state index contributed by atoms with van der Waals surface area (Å²) in [5.41, 5.74) is 5.39. The van der Waals surface area contributed by atoms with E-state index in [0.717, 1.165) is 19.3 Å². The number of primary amides is 1. The van der Waals surface area contributed by atoms with E-state index in [0.29, 0.717) is 17.9 Å². The van der Waals surface area contributed by atoms with E-state index in [1.807, 2.05) is 0 Å². The number of carbonyl (C=O) groups is 2. The van der Waals surface area contributed by atoms with Crippen LogP contribution in [0.4, 0.5) is 0 Å². The summed E-state index contributed by atoms with van der Waals surface area (Å²) in [6.07, 6.45) is 2.35. The van der Waals surface area contributed by atoms with Crippen LogP contribution >= 0.6 is 0 Å². The van der Waals surface area contributed by atoms with Gasteiger partial charge in [-0.15, -0.1) is 0 Å². The Balaban J connectivity index is 2.49. The van der Waals surface area contributed by atoms with Crippen molar-refractivity contribution >= 4 is 11.9 Å². The lowest BCUT2D eigenvalue weighted by atomic mass is 10.2. The maximum atomic E-state index is 11.7. The highest BCUT2D eigenvalue weighted by Gasteiger charge is 2.15. The minimum Gasteiger partial charge on any atom is -0.494 e. The van der Waals surface area contributed by atoms with Crippen LogP contribution in [0.25, 0.3) is 0 Å². The maximum absolute atomic E-state index is 11.7. The first-order valence-corrected chi connectivity index (χ1v) is 6.77. The predicted octanol–water partition coefficient (Wildman–Crippen LogP) is 2.29. The van der Waals surface area contributed by atoms with E-state index in [2.05, 4.69) is 6.92 Å². The molecule has 0 saturated heterocycles. The largest absolute Gasteiger partial charge is 0.494 e. The van der Waals surface area contributed by atoms with Crippen molar-refractivity contribution in [2.75, 3.05) is 6.61 Å². The molecule has 0 saturated carbocycles. The van der Waals surface area contributed by atoms with Crippen LogP contribution in [0.5, 0.6) is 5.75 Å². The molecular formula is C15H21NO4. The monoisotopic (exact) mass is 279 g/mol. The molecule has 110 valence electrons. The van der Waals surface area contributed by atoms with Gasteiger partial charge in [0, 0.05) is 0 Å². The van der Waals surface area contributed by atoms with Gasteiger partial charge in [-0.25, -0.2) is 4.79 Å². The molecule has 1 aromatic rings. The molecule has 0 fully saturated rings. The topological polar surface area (TPSA) is 78.6 Å². The standard InChI is InChI=1S/C15H21NO4/c1-3-4-5-10-19-13-8-6-12(7-9-13)15(18)20-11(2)14(16)17/h6-9,11H,3-5,10H2,1-2H3,(H2,16,17). The number of unbranched alkanes of at least 4 members (excludes halogenated alkanes) is 2. The minimum atomic E-state index is -0.938. The number of hydrogen-bond donors (Lipinski definition) is 1. The first-order valence-electron chi connectivity index (χ1n) is 6.77. The van der Waals surface area contributed by atoms with E-state index < -0.39 is 18.0 Å². The fraction of sp³-hybridized carbons (Fsp3) is 0.467. The molecule has 1 aromatic carbocycles. The summed E-state index contributed by atoms with van der Waals surface area (Å²) in [6, 6.07) is 6.62. The normalized spacial score (nSPS) is 11.7. The average molecular weight is 279 g/mol. The van der Waals surface area contributed by atoms with Gasteiger partial charge in [0.05, 0.1) is 12.2 Å². The Morgan fingerprint density at radius 1 is 1.20 bits per heavy atom. The minimum absolute atomic E-state index is 0.360. The summed E-state index contributed by atoms with van der Waals surface area (Å²) in [7, 11) is 0. The third-order valence-electron chi connectivity index (χ3n) is 2.79. The van der Waals surface area contributed by atoms with Crippen LogP contribution in [0, 0.1) is 0 Å². The number of rotatable bonds is 8. The molecule has 0 aliphatic heterocycles. The van der Waals surface area contributed by atoms with Crippen molar-refractivity contribution in [3.8, 4) is 5.75 Å². The van der Waals surface area contributed by atoms with E-state index in [-0.39, 0.29) is 0 Å². The molecule has 0 heterocycles. The fourth-order valence-corrected chi connectivity index (χ4v) is 1.52. The zero-order valence-electron chi connectivity index (χ0n) is 11.9. The van der Waals surface area contributed by atoms with Crippen LogP contribution in [-0.4, -0.2) is 24.6 Å². The molecule has 20 heavy (non-hydrogen) atoms. The van der Waals surface area contributed by atoms with Gasteiger partial charge < -0.3 is 15.2 Å². The van der Waals surface area contributed by atoms with Gasteiger partial charge in [-0.3, -0.25) is 4.79 Å². The molecule has 2 N–H and O–H groups in total. The number of benzene rings is 1. The van der Waals surface area contributed by atoms with Crippen LogP contribution in [0.3, 0.4) is 0 Å². The second-order valence-corrected chi connectivity index (χ2v) is 4.53. The second-order valence-electron chi connectivity index (χ2n) is 4.53. The Morgan fingerprint density at radius 2 is 1.85 bits per heavy atom. The van der Waals surface area contributed by atoms with Crippen LogP contribution in [0.15, 0.2) is 24.3 Å². The van der Waals surface area contributed by atoms with Crippen LogP contribution in [-0.2, 0) is 9.53 Å². The third kappa shape index (κ3) is 5.30. The summed E-state index contributed by atoms with van der Waals surface area (Å²) in [4.78, 5) is 22.5. The molecule has 1 amide bonds. The average Bonchev–Trinajstić information content (AvgIpc) is 2.44. The van der Waals surface area contributed by atoms with E-state index in [4.69, 9.17) is 15.2 Å². The van der Waals surface area contributed by atoms with Gasteiger partial charge in [0.1, 0.15) is 5.75 Å². The van der Waals surface area contributed by atoms with Gasteiger partial charge >= 0.3 is 5.97 Å². The van der Waals surface area contributed by atoms with Gasteiger partial charge in [-0.05, 0) is 37.6 Å². The highest BCUT2D eigenvalue weighted by molar-refractivity contribution is 5.92. The zero-order valence-corrected chi connectivity index (χ0v) is 11.9. The maximum Gasteiger partial charge on any atom is 0.338 e. The van der Waals surface area contributed by atoms with Crippen molar-refractivity contribution in [3.63, 3.8) is 0 Å². The van der Waals surface area contributed by atoms with Gasteiger partial charge in [-0.2, -0.15) is 0 Å². The van der Waals surface area contributed by atoms with Crippen molar-refractivity contribution in [2.45, 2.75) is 39.2 Å². The van der Waals surface area contributed by atoms with Gasteiger partial charge in [0.2, 0.25) is 0 Å². The molecule has 1 atom stereocenters. The van der Waals surface area contributed by atoms with E-state index in [9.17, 15) is 9.59 Å². The number of hydrogen-bond acceptors (Lipinski definition) is 4. The Labute approximate surface area is 119 Å². The summed E-state index contributed by atoms with van der Waals surface area (Å²) >= 11 is 0. The summed E-state index contributed by atoms with van der Waals surface area (Å²) in [5, 5.41) is 0. The lowest BCUT2D eigenvalue weighted by molar-refractivity contribution is -0.125. The van der Waals surface area contributed by atoms with Gasteiger partial charge in [-0.1, -0.05) is 19.8 Å². The molecule has 0 aliphatic carbocycles. The third-order valence-corrected chi connectivity index (χ3v) is 2.79. The lowest BCUT2D eigenvalue weighted by Crippen LogP contribution is -2.30. The van der Waals surface area contributed by atoms with Crippen molar-refractivity contribution in [1.29, 1.82) is 0 Å². The van der Waals surface area contributed by atoms with E-state index in [1.165, 1.54) is 6.92 Å². The first-order chi connectivity index (χ1) is 9.54. The number of amides is 1. The molecule has 0 bridgehead atoms. The highest BCUT2D eigenvalue weighted by atomic mass is 16.5. The van der Waals surface area contributed by atoms with Gasteiger partial charge in [0.15, 0.2) is 6.10 Å². The van der Waals surface area contributed by atoms with Crippen LogP contribution in [0.1, 0.15) is 43.5 Å². The quantitative estimate of drug-likeness (QED) is 0.585. The Morgan fingerprint density at radius 3 is 2.40 bits per heavy atom.